The molecule has 0 bridgehead atoms. The summed E-state index contributed by atoms with van der Waals surface area (Å²) < 4.78 is 1.07. The molecule has 112 valence electrons. The molecule has 0 atom stereocenters. The molecule has 0 aliphatic rings. The number of hydrogen-bond donors (Lipinski definition) is 1. The number of carbonyl (C=O) groups is 1. The number of amides is 1. The summed E-state index contributed by atoms with van der Waals surface area (Å²) in [6.45, 7) is 0. The number of thiazole rings is 1. The standard InChI is InChI=1S/C18H11ClN2OS/c19-14-8-4-3-7-13(14)17(22)21-18-20-15-10-9-11-5-1-2-6-12(11)16(15)23-18/h1-10H,(H,20,21,22). The van der Waals surface area contributed by atoms with Crippen molar-refractivity contribution in [1.29, 1.82) is 0 Å². The van der Waals surface area contributed by atoms with Crippen molar-refractivity contribution in [3.8, 4) is 0 Å². The Hall–Kier alpha value is -2.43. The van der Waals surface area contributed by atoms with Gasteiger partial charge in [-0.1, -0.05) is 65.4 Å². The first-order valence-electron chi connectivity index (χ1n) is 7.06. The molecule has 0 aliphatic carbocycles. The van der Waals surface area contributed by atoms with Crippen molar-refractivity contribution >= 4 is 55.0 Å². The first kappa shape index (κ1) is 14.2. The van der Waals surface area contributed by atoms with E-state index in [2.05, 4.69) is 22.4 Å². The molecule has 0 saturated heterocycles. The van der Waals surface area contributed by atoms with E-state index in [-0.39, 0.29) is 5.91 Å². The van der Waals surface area contributed by atoms with Crippen LogP contribution in [-0.2, 0) is 0 Å². The number of nitrogens with zero attached hydrogens (tertiary/aromatic N) is 1. The smallest absolute Gasteiger partial charge is 0.258 e. The third-order valence-electron chi connectivity index (χ3n) is 3.62. The second-order valence-corrected chi connectivity index (χ2v) is 6.49. The maximum atomic E-state index is 12.3. The zero-order valence-electron chi connectivity index (χ0n) is 11.9. The minimum absolute atomic E-state index is 0.251. The topological polar surface area (TPSA) is 42.0 Å². The monoisotopic (exact) mass is 338 g/mol. The molecule has 0 radical (unpaired) electrons. The SMILES string of the molecule is O=C(Nc1nc2ccc3ccccc3c2s1)c1ccccc1Cl. The lowest BCUT2D eigenvalue weighted by atomic mass is 10.1. The third kappa shape index (κ3) is 2.56. The summed E-state index contributed by atoms with van der Waals surface area (Å²) in [6.07, 6.45) is 0. The van der Waals surface area contributed by atoms with E-state index in [4.69, 9.17) is 11.6 Å². The van der Waals surface area contributed by atoms with Gasteiger partial charge in [0.2, 0.25) is 0 Å². The molecule has 1 aromatic heterocycles. The van der Waals surface area contributed by atoms with Crippen LogP contribution in [-0.4, -0.2) is 10.9 Å². The molecule has 3 aromatic carbocycles. The highest BCUT2D eigenvalue weighted by Gasteiger charge is 2.13. The van der Waals surface area contributed by atoms with Gasteiger partial charge in [-0.2, -0.15) is 0 Å². The zero-order valence-corrected chi connectivity index (χ0v) is 13.5. The number of hydrogen-bond acceptors (Lipinski definition) is 3. The highest BCUT2D eigenvalue weighted by molar-refractivity contribution is 7.23. The van der Waals surface area contributed by atoms with Gasteiger partial charge in [-0.05, 0) is 23.6 Å². The largest absolute Gasteiger partial charge is 0.298 e. The van der Waals surface area contributed by atoms with Gasteiger partial charge in [-0.3, -0.25) is 10.1 Å². The maximum absolute atomic E-state index is 12.3. The minimum atomic E-state index is -0.251. The van der Waals surface area contributed by atoms with E-state index >= 15 is 0 Å². The van der Waals surface area contributed by atoms with Crippen molar-refractivity contribution in [2.45, 2.75) is 0 Å². The summed E-state index contributed by atoms with van der Waals surface area (Å²) in [7, 11) is 0. The second-order valence-electron chi connectivity index (χ2n) is 5.09. The molecule has 0 aliphatic heterocycles. The van der Waals surface area contributed by atoms with Gasteiger partial charge in [0, 0.05) is 5.39 Å². The molecule has 4 rings (SSSR count). The molecule has 0 spiro atoms. The van der Waals surface area contributed by atoms with E-state index in [0.29, 0.717) is 15.7 Å². The van der Waals surface area contributed by atoms with Crippen molar-refractivity contribution in [3.63, 3.8) is 0 Å². The summed E-state index contributed by atoms with van der Waals surface area (Å²) in [6, 6.07) is 19.1. The minimum Gasteiger partial charge on any atom is -0.298 e. The Morgan fingerprint density at radius 2 is 1.78 bits per heavy atom. The van der Waals surface area contributed by atoms with Crippen LogP contribution in [0.15, 0.2) is 60.7 Å². The van der Waals surface area contributed by atoms with E-state index < -0.39 is 0 Å². The second kappa shape index (κ2) is 5.65. The number of anilines is 1. The summed E-state index contributed by atoms with van der Waals surface area (Å²) in [5.41, 5.74) is 1.32. The number of aromatic nitrogens is 1. The Kier molecular flexibility index (Phi) is 3.48. The molecular weight excluding hydrogens is 328 g/mol. The van der Waals surface area contributed by atoms with Gasteiger partial charge in [-0.15, -0.1) is 0 Å². The van der Waals surface area contributed by atoms with Gasteiger partial charge in [-0.25, -0.2) is 4.98 Å². The molecular formula is C18H11ClN2OS. The molecule has 1 heterocycles. The fourth-order valence-corrected chi connectivity index (χ4v) is 3.74. The highest BCUT2D eigenvalue weighted by atomic mass is 35.5. The predicted molar refractivity (Wildman–Crippen MR) is 96.5 cm³/mol. The van der Waals surface area contributed by atoms with Crippen LogP contribution in [0.25, 0.3) is 21.0 Å². The number of halogens is 1. The molecule has 1 N–H and O–H groups in total. The Labute approximate surface area is 141 Å². The Bertz CT molecular complexity index is 1040. The maximum Gasteiger partial charge on any atom is 0.258 e. The van der Waals surface area contributed by atoms with Crippen LogP contribution >= 0.6 is 22.9 Å². The van der Waals surface area contributed by atoms with Crippen LogP contribution < -0.4 is 5.32 Å². The van der Waals surface area contributed by atoms with Gasteiger partial charge in [0.1, 0.15) is 0 Å². The van der Waals surface area contributed by atoms with Crippen LogP contribution in [0.5, 0.6) is 0 Å². The average molecular weight is 339 g/mol. The molecule has 4 aromatic rings. The van der Waals surface area contributed by atoms with Crippen LogP contribution in [0.4, 0.5) is 5.13 Å². The first-order valence-corrected chi connectivity index (χ1v) is 8.26. The third-order valence-corrected chi connectivity index (χ3v) is 4.97. The number of carbonyl (C=O) groups excluding carboxylic acids is 1. The Morgan fingerprint density at radius 1 is 1.00 bits per heavy atom. The molecule has 0 fully saturated rings. The highest BCUT2D eigenvalue weighted by Crippen LogP contribution is 2.33. The first-order chi connectivity index (χ1) is 11.2. The lowest BCUT2D eigenvalue weighted by Gasteiger charge is -2.02. The molecule has 23 heavy (non-hydrogen) atoms. The van der Waals surface area contributed by atoms with E-state index in [1.807, 2.05) is 24.3 Å². The zero-order chi connectivity index (χ0) is 15.8. The fourth-order valence-electron chi connectivity index (χ4n) is 2.52. The summed E-state index contributed by atoms with van der Waals surface area (Å²) in [5, 5.41) is 6.13. The Balaban J connectivity index is 1.74. The van der Waals surface area contributed by atoms with Gasteiger partial charge < -0.3 is 0 Å². The van der Waals surface area contributed by atoms with Crippen molar-refractivity contribution in [1.82, 2.24) is 4.98 Å². The summed E-state index contributed by atoms with van der Waals surface area (Å²) in [4.78, 5) is 16.8. The van der Waals surface area contributed by atoms with Crippen molar-refractivity contribution < 1.29 is 4.79 Å². The van der Waals surface area contributed by atoms with E-state index in [1.54, 1.807) is 24.3 Å². The van der Waals surface area contributed by atoms with Crippen LogP contribution in [0, 0.1) is 0 Å². The number of rotatable bonds is 2. The molecule has 1 amide bonds. The summed E-state index contributed by atoms with van der Waals surface area (Å²) in [5.74, 6) is -0.251. The number of benzene rings is 3. The van der Waals surface area contributed by atoms with Crippen LogP contribution in [0.1, 0.15) is 10.4 Å². The van der Waals surface area contributed by atoms with Gasteiger partial charge in [0.15, 0.2) is 5.13 Å². The lowest BCUT2D eigenvalue weighted by Crippen LogP contribution is -2.11. The van der Waals surface area contributed by atoms with Crippen molar-refractivity contribution in [2.75, 3.05) is 5.32 Å². The van der Waals surface area contributed by atoms with E-state index in [9.17, 15) is 4.79 Å². The lowest BCUT2D eigenvalue weighted by molar-refractivity contribution is 0.102. The van der Waals surface area contributed by atoms with Crippen LogP contribution in [0.2, 0.25) is 5.02 Å². The van der Waals surface area contributed by atoms with Gasteiger partial charge in [0.05, 0.1) is 20.8 Å². The molecule has 3 nitrogen and oxygen atoms in total. The normalized spacial score (nSPS) is 11.0. The molecule has 0 saturated carbocycles. The van der Waals surface area contributed by atoms with E-state index in [1.165, 1.54) is 11.3 Å². The Morgan fingerprint density at radius 3 is 2.65 bits per heavy atom. The number of nitrogens with one attached hydrogen (secondary N) is 1. The van der Waals surface area contributed by atoms with Crippen molar-refractivity contribution in [2.24, 2.45) is 0 Å². The molecule has 5 heteroatoms. The predicted octanol–water partition coefficient (Wildman–Crippen LogP) is 5.36. The summed E-state index contributed by atoms with van der Waals surface area (Å²) >= 11 is 7.53. The quantitative estimate of drug-likeness (QED) is 0.535. The molecule has 0 unspecified atom stereocenters. The number of fused-ring (bicyclic) bond motifs is 3. The average Bonchev–Trinajstić information content (AvgIpc) is 2.98. The van der Waals surface area contributed by atoms with Gasteiger partial charge in [0.25, 0.3) is 5.91 Å². The van der Waals surface area contributed by atoms with Crippen LogP contribution in [0.3, 0.4) is 0 Å². The van der Waals surface area contributed by atoms with Gasteiger partial charge >= 0.3 is 0 Å². The van der Waals surface area contributed by atoms with E-state index in [0.717, 1.165) is 21.0 Å². The van der Waals surface area contributed by atoms with Crippen molar-refractivity contribution in [3.05, 3.63) is 71.2 Å². The fraction of sp³-hybridized carbons (Fsp3) is 0.